The predicted molar refractivity (Wildman–Crippen MR) is 145 cm³/mol. The van der Waals surface area contributed by atoms with Crippen LogP contribution >= 0.6 is 23.5 Å². The zero-order valence-electron chi connectivity index (χ0n) is 22.0. The normalized spacial score (nSPS) is 24.9. The van der Waals surface area contributed by atoms with Gasteiger partial charge in [0.05, 0.1) is 4.92 Å². The van der Waals surface area contributed by atoms with E-state index in [1.807, 2.05) is 0 Å². The fourth-order valence-corrected chi connectivity index (χ4v) is 8.26. The van der Waals surface area contributed by atoms with Crippen LogP contribution in [-0.2, 0) is 30.2 Å². The van der Waals surface area contributed by atoms with Gasteiger partial charge in [-0.25, -0.2) is 4.79 Å². The third-order valence-corrected chi connectivity index (χ3v) is 15.1. The molecule has 4 atom stereocenters. The summed E-state index contributed by atoms with van der Waals surface area (Å²) in [5, 5.41) is 22.8. The molecule has 0 saturated carbocycles. The molecule has 1 aromatic rings. The van der Waals surface area contributed by atoms with Crippen molar-refractivity contribution in [2.75, 3.05) is 12.9 Å². The molecule has 38 heavy (non-hydrogen) atoms. The SMILES string of the molecule is CSC1S[C@]2(CCO[Si](C)(C)C(C)(C)C)C(=O)N(C(=O)C(=O)OCc3ccc([N+](=O)[O-])cc3)[C@@H]2C1[N+](=O)[O-]. The van der Waals surface area contributed by atoms with Crippen LogP contribution in [0.25, 0.3) is 0 Å². The Labute approximate surface area is 229 Å². The van der Waals surface area contributed by atoms with Gasteiger partial charge >= 0.3 is 11.9 Å². The quantitative estimate of drug-likeness (QED) is 0.104. The number of carbonyl (C=O) groups excluding carboxylic acids is 3. The Balaban J connectivity index is 1.76. The number of benzene rings is 1. The summed E-state index contributed by atoms with van der Waals surface area (Å²) < 4.78 is 9.42. The average molecular weight is 586 g/mol. The van der Waals surface area contributed by atoms with Gasteiger partial charge in [-0.3, -0.25) is 34.7 Å². The summed E-state index contributed by atoms with van der Waals surface area (Å²) in [5.74, 6) is -3.26. The first-order valence-corrected chi connectivity index (χ1v) is 16.9. The number of ether oxygens (including phenoxy) is 1. The Morgan fingerprint density at radius 3 is 2.29 bits per heavy atom. The Morgan fingerprint density at radius 1 is 1.18 bits per heavy atom. The van der Waals surface area contributed by atoms with Crippen molar-refractivity contribution in [3.05, 3.63) is 50.1 Å². The third-order valence-electron chi connectivity index (χ3n) is 7.39. The van der Waals surface area contributed by atoms with Crippen molar-refractivity contribution < 1.29 is 33.4 Å². The summed E-state index contributed by atoms with van der Waals surface area (Å²) in [6, 6.07) is 2.82. The molecular weight excluding hydrogens is 554 g/mol. The number of nitro groups is 2. The van der Waals surface area contributed by atoms with Crippen molar-refractivity contribution in [3.8, 4) is 0 Å². The minimum atomic E-state index is -2.16. The number of nitro benzene ring substituents is 1. The molecule has 0 aromatic heterocycles. The van der Waals surface area contributed by atoms with E-state index in [2.05, 4.69) is 33.9 Å². The van der Waals surface area contributed by atoms with Crippen LogP contribution in [0.2, 0.25) is 18.1 Å². The van der Waals surface area contributed by atoms with Gasteiger partial charge in [-0.1, -0.05) is 20.8 Å². The lowest BCUT2D eigenvalue weighted by molar-refractivity contribution is -0.525. The highest BCUT2D eigenvalue weighted by Gasteiger charge is 2.76. The highest BCUT2D eigenvalue weighted by molar-refractivity contribution is 8.18. The van der Waals surface area contributed by atoms with Gasteiger partial charge in [0.1, 0.15) is 22.0 Å². The van der Waals surface area contributed by atoms with Crippen molar-refractivity contribution in [1.29, 1.82) is 0 Å². The van der Waals surface area contributed by atoms with Crippen LogP contribution in [0.5, 0.6) is 0 Å². The van der Waals surface area contributed by atoms with Crippen molar-refractivity contribution in [3.63, 3.8) is 0 Å². The Bertz CT molecular complexity index is 1140. The smallest absolute Gasteiger partial charge is 0.397 e. The van der Waals surface area contributed by atoms with Gasteiger partial charge in [-0.15, -0.1) is 23.5 Å². The molecule has 2 aliphatic heterocycles. The number of hydrogen-bond acceptors (Lipinski definition) is 11. The summed E-state index contributed by atoms with van der Waals surface area (Å²) >= 11 is 2.39. The van der Waals surface area contributed by atoms with E-state index in [0.717, 1.165) is 11.8 Å². The standard InChI is InChI=1S/C23H31N3O9S2Si/c1-22(2,3)38(5,6)35-12-11-23-17(16(26(32)33)20(36-4)37-23)24(21(23)29)18(27)19(28)34-13-14-7-9-15(10-8-14)25(30)31/h7-10,16-17,20H,11-13H2,1-6H3/t16?,17-,20?,23+/m1/s1. The van der Waals surface area contributed by atoms with E-state index in [1.165, 1.54) is 36.0 Å². The number of esters is 1. The van der Waals surface area contributed by atoms with E-state index in [-0.39, 0.29) is 30.4 Å². The van der Waals surface area contributed by atoms with Crippen LogP contribution in [0, 0.1) is 20.2 Å². The van der Waals surface area contributed by atoms with Crippen LogP contribution in [0.3, 0.4) is 0 Å². The van der Waals surface area contributed by atoms with E-state index >= 15 is 0 Å². The number of hydrogen-bond donors (Lipinski definition) is 0. The molecule has 1 aromatic carbocycles. The van der Waals surface area contributed by atoms with Crippen LogP contribution < -0.4 is 0 Å². The fraction of sp³-hybridized carbons (Fsp3) is 0.609. The van der Waals surface area contributed by atoms with Crippen molar-refractivity contribution in [1.82, 2.24) is 4.90 Å². The molecule has 2 amide bonds. The molecule has 2 heterocycles. The lowest BCUT2D eigenvalue weighted by atomic mass is 9.80. The van der Waals surface area contributed by atoms with Crippen molar-refractivity contribution in [2.45, 2.75) is 73.3 Å². The molecule has 0 N–H and O–H groups in total. The van der Waals surface area contributed by atoms with Crippen molar-refractivity contribution in [2.24, 2.45) is 0 Å². The van der Waals surface area contributed by atoms with Gasteiger partial charge in [0.25, 0.3) is 11.7 Å². The number of amides is 2. The minimum Gasteiger partial charge on any atom is -0.454 e. The maximum Gasteiger partial charge on any atom is 0.397 e. The van der Waals surface area contributed by atoms with E-state index in [4.69, 9.17) is 9.16 Å². The summed E-state index contributed by atoms with van der Waals surface area (Å²) in [7, 11) is -2.16. The largest absolute Gasteiger partial charge is 0.454 e. The number of carbonyl (C=O) groups is 3. The highest BCUT2D eigenvalue weighted by Crippen LogP contribution is 2.59. The predicted octanol–water partition coefficient (Wildman–Crippen LogP) is 3.61. The molecule has 12 nitrogen and oxygen atoms in total. The van der Waals surface area contributed by atoms with Gasteiger partial charge in [0, 0.05) is 23.7 Å². The zero-order valence-corrected chi connectivity index (χ0v) is 24.6. The molecule has 0 spiro atoms. The fourth-order valence-electron chi connectivity index (χ4n) is 4.21. The zero-order chi connectivity index (χ0) is 28.6. The number of rotatable bonds is 9. The van der Waals surface area contributed by atoms with Gasteiger partial charge in [-0.05, 0) is 48.5 Å². The molecule has 2 unspecified atom stereocenters. The number of non-ortho nitro benzene ring substituents is 1. The first-order chi connectivity index (χ1) is 17.6. The second kappa shape index (κ2) is 10.9. The second-order valence-electron chi connectivity index (χ2n) is 10.7. The lowest BCUT2D eigenvalue weighted by Gasteiger charge is -2.49. The summed E-state index contributed by atoms with van der Waals surface area (Å²) in [4.78, 5) is 61.4. The molecule has 2 aliphatic rings. The Morgan fingerprint density at radius 2 is 1.79 bits per heavy atom. The van der Waals surface area contributed by atoms with E-state index in [9.17, 15) is 34.6 Å². The Hall–Kier alpha value is -2.49. The van der Waals surface area contributed by atoms with E-state index in [1.54, 1.807) is 6.26 Å². The highest BCUT2D eigenvalue weighted by atomic mass is 32.2. The van der Waals surface area contributed by atoms with Crippen LogP contribution in [-0.4, -0.2) is 75.1 Å². The molecule has 0 bridgehead atoms. The monoisotopic (exact) mass is 585 g/mol. The number of nitrogens with zero attached hydrogens (tertiary/aromatic N) is 3. The van der Waals surface area contributed by atoms with Crippen LogP contribution in [0.15, 0.2) is 24.3 Å². The van der Waals surface area contributed by atoms with Crippen LogP contribution in [0.4, 0.5) is 5.69 Å². The molecule has 0 radical (unpaired) electrons. The summed E-state index contributed by atoms with van der Waals surface area (Å²) in [5.41, 5.74) is 0.245. The first kappa shape index (κ1) is 30.1. The molecular formula is C23H31N3O9S2Si. The topological polar surface area (TPSA) is 159 Å². The summed E-state index contributed by atoms with van der Waals surface area (Å²) in [6.07, 6.45) is 1.88. The average Bonchev–Trinajstić information content (AvgIpc) is 3.12. The van der Waals surface area contributed by atoms with E-state index in [0.29, 0.717) is 10.5 Å². The van der Waals surface area contributed by atoms with Crippen molar-refractivity contribution >= 4 is 55.3 Å². The first-order valence-electron chi connectivity index (χ1n) is 11.8. The van der Waals surface area contributed by atoms with Gasteiger partial charge in [0.2, 0.25) is 5.91 Å². The Kier molecular flexibility index (Phi) is 8.65. The van der Waals surface area contributed by atoms with Gasteiger partial charge < -0.3 is 9.16 Å². The summed E-state index contributed by atoms with van der Waals surface area (Å²) in [6.45, 7) is 10.2. The maximum absolute atomic E-state index is 13.4. The molecule has 3 rings (SSSR count). The number of β-lactam (4-membered cyclic amide) rings is 1. The van der Waals surface area contributed by atoms with Crippen LogP contribution in [0.1, 0.15) is 32.8 Å². The van der Waals surface area contributed by atoms with E-state index < -0.39 is 57.4 Å². The molecule has 2 saturated heterocycles. The lowest BCUT2D eigenvalue weighted by Crippen LogP contribution is -2.76. The maximum atomic E-state index is 13.4. The number of thioether (sulfide) groups is 2. The number of fused-ring (bicyclic) bond motifs is 1. The van der Waals surface area contributed by atoms with Gasteiger partial charge in [-0.2, -0.15) is 0 Å². The number of imide groups is 1. The third kappa shape index (κ3) is 5.46. The van der Waals surface area contributed by atoms with Gasteiger partial charge in [0.15, 0.2) is 8.32 Å². The number of likely N-dealkylation sites (tertiary alicyclic amines) is 1. The molecule has 2 fully saturated rings. The second-order valence-corrected chi connectivity index (χ2v) is 18.2. The molecule has 208 valence electrons. The molecule has 0 aliphatic carbocycles. The molecule has 15 heteroatoms. The minimum absolute atomic E-state index is 0.0723.